The lowest BCUT2D eigenvalue weighted by molar-refractivity contribution is -0.140. The van der Waals surface area contributed by atoms with E-state index in [9.17, 15) is 18.0 Å². The topological polar surface area (TPSA) is 86.8 Å². The summed E-state index contributed by atoms with van der Waals surface area (Å²) in [6, 6.07) is 25.2. The predicted molar refractivity (Wildman–Crippen MR) is 190 cm³/mol. The highest BCUT2D eigenvalue weighted by atomic mass is 35.5. The Labute approximate surface area is 288 Å². The molecule has 0 spiro atoms. The van der Waals surface area contributed by atoms with Gasteiger partial charge in [-0.1, -0.05) is 102 Å². The monoisotopic (exact) mass is 693 g/mol. The third-order valence-electron chi connectivity index (χ3n) is 8.14. The van der Waals surface area contributed by atoms with Gasteiger partial charge in [-0.2, -0.15) is 0 Å². The molecular weight excluding hydrogens is 653 g/mol. The summed E-state index contributed by atoms with van der Waals surface area (Å²) < 4.78 is 29.8. The SMILES string of the molecule is CC[C@@H](C)NC(=O)[C@@H](Cc1ccccc1)N(Cc1ccc(Cl)cc1Cl)C(=O)CN(c1ccc(C)cc1C)S(=O)(=O)c1ccc(C)cc1. The Morgan fingerprint density at radius 2 is 1.51 bits per heavy atom. The van der Waals surface area contributed by atoms with E-state index in [2.05, 4.69) is 5.32 Å². The molecule has 4 aromatic carbocycles. The number of carbonyl (C=O) groups is 2. The summed E-state index contributed by atoms with van der Waals surface area (Å²) in [6.45, 7) is 8.87. The van der Waals surface area contributed by atoms with Gasteiger partial charge < -0.3 is 10.2 Å². The molecule has 7 nitrogen and oxygen atoms in total. The van der Waals surface area contributed by atoms with Gasteiger partial charge in [0.15, 0.2) is 0 Å². The molecule has 0 aliphatic carbocycles. The van der Waals surface area contributed by atoms with Crippen LogP contribution in [-0.4, -0.2) is 43.8 Å². The molecule has 0 saturated heterocycles. The van der Waals surface area contributed by atoms with Crippen LogP contribution in [0, 0.1) is 20.8 Å². The molecule has 4 rings (SSSR count). The highest BCUT2D eigenvalue weighted by Gasteiger charge is 2.35. The van der Waals surface area contributed by atoms with Crippen LogP contribution in [0.5, 0.6) is 0 Å². The summed E-state index contributed by atoms with van der Waals surface area (Å²) in [7, 11) is -4.21. The number of carbonyl (C=O) groups excluding carboxylic acids is 2. The van der Waals surface area contributed by atoms with Crippen molar-refractivity contribution in [1.29, 1.82) is 0 Å². The van der Waals surface area contributed by atoms with E-state index < -0.39 is 28.5 Å². The van der Waals surface area contributed by atoms with E-state index in [0.29, 0.717) is 33.3 Å². The number of hydrogen-bond donors (Lipinski definition) is 1. The van der Waals surface area contributed by atoms with Gasteiger partial charge >= 0.3 is 0 Å². The van der Waals surface area contributed by atoms with Crippen molar-refractivity contribution >= 4 is 50.7 Å². The number of benzene rings is 4. The van der Waals surface area contributed by atoms with Crippen LogP contribution in [-0.2, 0) is 32.6 Å². The van der Waals surface area contributed by atoms with E-state index in [0.717, 1.165) is 21.0 Å². The number of aryl methyl sites for hydroxylation is 3. The van der Waals surface area contributed by atoms with Gasteiger partial charge in [0.05, 0.1) is 10.6 Å². The molecule has 1 N–H and O–H groups in total. The predicted octanol–water partition coefficient (Wildman–Crippen LogP) is 7.67. The second-order valence-corrected chi connectivity index (χ2v) is 14.6. The van der Waals surface area contributed by atoms with Gasteiger partial charge in [0.2, 0.25) is 11.8 Å². The summed E-state index contributed by atoms with van der Waals surface area (Å²) in [4.78, 5) is 30.2. The molecule has 0 saturated carbocycles. The van der Waals surface area contributed by atoms with E-state index in [4.69, 9.17) is 23.2 Å². The number of anilines is 1. The molecule has 0 bridgehead atoms. The Balaban J connectivity index is 1.85. The first-order chi connectivity index (χ1) is 22.3. The minimum absolute atomic E-state index is 0.0500. The molecule has 0 aliphatic heterocycles. The van der Waals surface area contributed by atoms with Crippen LogP contribution in [0.2, 0.25) is 10.0 Å². The zero-order chi connectivity index (χ0) is 34.3. The zero-order valence-electron chi connectivity index (χ0n) is 27.3. The molecule has 0 radical (unpaired) electrons. The number of amides is 2. The third kappa shape index (κ3) is 9.15. The maximum Gasteiger partial charge on any atom is 0.264 e. The largest absolute Gasteiger partial charge is 0.352 e. The van der Waals surface area contributed by atoms with E-state index >= 15 is 0 Å². The van der Waals surface area contributed by atoms with Gasteiger partial charge in [-0.15, -0.1) is 0 Å². The second-order valence-electron chi connectivity index (χ2n) is 11.9. The van der Waals surface area contributed by atoms with Gasteiger partial charge in [-0.3, -0.25) is 13.9 Å². The van der Waals surface area contributed by atoms with Crippen LogP contribution < -0.4 is 9.62 Å². The molecule has 248 valence electrons. The van der Waals surface area contributed by atoms with Gasteiger partial charge in [-0.25, -0.2) is 8.42 Å². The number of rotatable bonds is 13. The summed E-state index contributed by atoms with van der Waals surface area (Å²) in [5, 5.41) is 3.79. The lowest BCUT2D eigenvalue weighted by Crippen LogP contribution is -2.54. The van der Waals surface area contributed by atoms with Crippen molar-refractivity contribution < 1.29 is 18.0 Å². The number of halogens is 2. The Morgan fingerprint density at radius 1 is 0.851 bits per heavy atom. The van der Waals surface area contributed by atoms with Crippen molar-refractivity contribution in [3.8, 4) is 0 Å². The summed E-state index contributed by atoms with van der Waals surface area (Å²) in [5.74, 6) is -0.909. The smallest absolute Gasteiger partial charge is 0.264 e. The van der Waals surface area contributed by atoms with E-state index in [-0.39, 0.29) is 29.8 Å². The Hall–Kier alpha value is -3.85. The zero-order valence-corrected chi connectivity index (χ0v) is 29.7. The maximum atomic E-state index is 14.7. The van der Waals surface area contributed by atoms with Crippen LogP contribution in [0.4, 0.5) is 5.69 Å². The Kier molecular flexibility index (Phi) is 12.1. The molecule has 10 heteroatoms. The molecular formula is C37H41Cl2N3O4S. The Morgan fingerprint density at radius 3 is 2.13 bits per heavy atom. The number of hydrogen-bond acceptors (Lipinski definition) is 4. The maximum absolute atomic E-state index is 14.7. The van der Waals surface area contributed by atoms with Crippen LogP contribution in [0.15, 0.2) is 95.9 Å². The summed E-state index contributed by atoms with van der Waals surface area (Å²) in [5.41, 5.74) is 4.33. The van der Waals surface area contributed by atoms with Crippen molar-refractivity contribution in [3.05, 3.63) is 129 Å². The third-order valence-corrected chi connectivity index (χ3v) is 10.5. The first-order valence-corrected chi connectivity index (χ1v) is 17.7. The fourth-order valence-electron chi connectivity index (χ4n) is 5.26. The average Bonchev–Trinajstić information content (AvgIpc) is 3.03. The van der Waals surface area contributed by atoms with E-state index in [1.54, 1.807) is 36.4 Å². The van der Waals surface area contributed by atoms with Crippen molar-refractivity contribution in [1.82, 2.24) is 10.2 Å². The first-order valence-electron chi connectivity index (χ1n) is 15.5. The van der Waals surface area contributed by atoms with E-state index in [1.165, 1.54) is 17.0 Å². The second kappa shape index (κ2) is 15.8. The minimum Gasteiger partial charge on any atom is -0.352 e. The van der Waals surface area contributed by atoms with Crippen LogP contribution >= 0.6 is 23.2 Å². The number of nitrogens with zero attached hydrogens (tertiary/aromatic N) is 2. The molecule has 2 amide bonds. The summed E-state index contributed by atoms with van der Waals surface area (Å²) in [6.07, 6.45) is 0.893. The van der Waals surface area contributed by atoms with E-state index in [1.807, 2.05) is 77.1 Å². The van der Waals surface area contributed by atoms with Gasteiger partial charge in [0, 0.05) is 29.1 Å². The highest BCUT2D eigenvalue weighted by molar-refractivity contribution is 7.92. The molecule has 2 atom stereocenters. The Bertz CT molecular complexity index is 1820. The lowest BCUT2D eigenvalue weighted by Gasteiger charge is -2.35. The highest BCUT2D eigenvalue weighted by Crippen LogP contribution is 2.30. The molecule has 47 heavy (non-hydrogen) atoms. The standard InChI is InChI=1S/C37H41Cl2N3O4S/c1-6-28(5)40-37(44)35(21-29-10-8-7-9-11-29)41(23-30-15-16-31(38)22-33(30)39)36(43)24-42(34-19-14-26(3)20-27(34)4)47(45,46)32-17-12-25(2)13-18-32/h7-20,22,28,35H,6,21,23-24H2,1-5H3,(H,40,44)/t28-,35-/m1/s1. The van der Waals surface area contributed by atoms with Crippen molar-refractivity contribution in [3.63, 3.8) is 0 Å². The fraction of sp³-hybridized carbons (Fsp3) is 0.297. The van der Waals surface area contributed by atoms with Gasteiger partial charge in [0.1, 0.15) is 12.6 Å². The number of nitrogens with one attached hydrogen (secondary N) is 1. The summed E-state index contributed by atoms with van der Waals surface area (Å²) >= 11 is 12.8. The molecule has 0 unspecified atom stereocenters. The van der Waals surface area contributed by atoms with Crippen molar-refractivity contribution in [2.24, 2.45) is 0 Å². The molecule has 0 aliphatic rings. The fourth-order valence-corrected chi connectivity index (χ4v) is 7.21. The molecule has 0 fully saturated rings. The molecule has 0 heterocycles. The average molecular weight is 695 g/mol. The lowest BCUT2D eigenvalue weighted by atomic mass is 10.0. The molecule has 4 aromatic rings. The number of sulfonamides is 1. The van der Waals surface area contributed by atoms with Gasteiger partial charge in [-0.05, 0) is 81.1 Å². The van der Waals surface area contributed by atoms with Crippen LogP contribution in [0.3, 0.4) is 0 Å². The quantitative estimate of drug-likeness (QED) is 0.156. The van der Waals surface area contributed by atoms with Crippen molar-refractivity contribution in [2.45, 2.75) is 71.0 Å². The minimum atomic E-state index is -4.21. The van der Waals surface area contributed by atoms with Crippen molar-refractivity contribution in [2.75, 3.05) is 10.8 Å². The van der Waals surface area contributed by atoms with Crippen LogP contribution in [0.25, 0.3) is 0 Å². The first kappa shape index (κ1) is 36.0. The van der Waals surface area contributed by atoms with Crippen LogP contribution in [0.1, 0.15) is 48.1 Å². The normalized spacial score (nSPS) is 12.7. The molecule has 0 aromatic heterocycles. The van der Waals surface area contributed by atoms with Gasteiger partial charge in [0.25, 0.3) is 10.0 Å².